The van der Waals surface area contributed by atoms with Crippen LogP contribution < -0.4 is 10.6 Å². The van der Waals surface area contributed by atoms with Crippen molar-refractivity contribution in [3.63, 3.8) is 0 Å². The summed E-state index contributed by atoms with van der Waals surface area (Å²) in [6.45, 7) is 4.08. The molecular weight excluding hydrogens is 238 g/mol. The third kappa shape index (κ3) is 3.47. The van der Waals surface area contributed by atoms with Crippen molar-refractivity contribution in [1.82, 2.24) is 10.2 Å². The molecule has 0 spiro atoms. The van der Waals surface area contributed by atoms with E-state index >= 15 is 0 Å². The number of likely N-dealkylation sites (tertiary alicyclic amines) is 1. The van der Waals surface area contributed by atoms with Crippen LogP contribution in [0.2, 0.25) is 0 Å². The molecule has 2 rings (SSSR count). The van der Waals surface area contributed by atoms with Crippen LogP contribution in [0.1, 0.15) is 28.8 Å². The molecular formula is C15H23N3O. The van der Waals surface area contributed by atoms with Crippen LogP contribution in [0, 0.1) is 6.92 Å². The molecule has 1 amide bonds. The van der Waals surface area contributed by atoms with Crippen LogP contribution in [-0.4, -0.2) is 44.0 Å². The van der Waals surface area contributed by atoms with Gasteiger partial charge < -0.3 is 15.5 Å². The Labute approximate surface area is 115 Å². The molecule has 1 atom stereocenters. The third-order valence-corrected chi connectivity index (χ3v) is 3.72. The lowest BCUT2D eigenvalue weighted by molar-refractivity contribution is 0.0912. The van der Waals surface area contributed by atoms with Crippen molar-refractivity contribution in [3.8, 4) is 0 Å². The van der Waals surface area contributed by atoms with E-state index in [1.165, 1.54) is 0 Å². The number of nitrogens with one attached hydrogen (secondary N) is 2. The first-order valence-corrected chi connectivity index (χ1v) is 6.88. The van der Waals surface area contributed by atoms with Gasteiger partial charge in [-0.3, -0.25) is 4.79 Å². The zero-order chi connectivity index (χ0) is 13.8. The molecule has 1 fully saturated rings. The van der Waals surface area contributed by atoms with Crippen LogP contribution in [-0.2, 0) is 0 Å². The number of amides is 1. The molecule has 1 aliphatic rings. The summed E-state index contributed by atoms with van der Waals surface area (Å²) in [5, 5.41) is 6.24. The number of aryl methyl sites for hydroxylation is 1. The number of hydrogen-bond donors (Lipinski definition) is 2. The van der Waals surface area contributed by atoms with Gasteiger partial charge in [0.25, 0.3) is 5.91 Å². The summed E-state index contributed by atoms with van der Waals surface area (Å²) in [5.74, 6) is 0.0334. The zero-order valence-electron chi connectivity index (χ0n) is 12.0. The molecule has 2 N–H and O–H groups in total. The van der Waals surface area contributed by atoms with Crippen molar-refractivity contribution in [2.45, 2.75) is 25.8 Å². The highest BCUT2D eigenvalue weighted by molar-refractivity contribution is 5.95. The minimum atomic E-state index is 0.0334. The number of likely N-dealkylation sites (N-methyl/N-ethyl adjacent to an activating group) is 1. The van der Waals surface area contributed by atoms with Gasteiger partial charge in [0.05, 0.1) is 0 Å². The highest BCUT2D eigenvalue weighted by atomic mass is 16.1. The molecule has 1 aromatic carbocycles. The van der Waals surface area contributed by atoms with Crippen LogP contribution in [0.5, 0.6) is 0 Å². The van der Waals surface area contributed by atoms with Crippen molar-refractivity contribution < 1.29 is 4.79 Å². The molecule has 0 radical (unpaired) electrons. The molecule has 0 aliphatic carbocycles. The standard InChI is InChI=1S/C15H23N3O/c1-11-9-12(6-7-14(11)16-2)15(19)17-13-5-4-8-18(3)10-13/h6-7,9,13,16H,4-5,8,10H2,1-3H3,(H,17,19). The number of nitrogens with zero attached hydrogens (tertiary/aromatic N) is 1. The largest absolute Gasteiger partial charge is 0.388 e. The molecule has 1 aromatic rings. The maximum Gasteiger partial charge on any atom is 0.251 e. The lowest BCUT2D eigenvalue weighted by atomic mass is 10.0. The summed E-state index contributed by atoms with van der Waals surface area (Å²) < 4.78 is 0. The smallest absolute Gasteiger partial charge is 0.251 e. The average Bonchev–Trinajstić information content (AvgIpc) is 2.38. The Balaban J connectivity index is 2.01. The predicted octanol–water partition coefficient (Wildman–Crippen LogP) is 1.86. The minimum absolute atomic E-state index is 0.0334. The van der Waals surface area contributed by atoms with E-state index in [-0.39, 0.29) is 11.9 Å². The summed E-state index contributed by atoms with van der Waals surface area (Å²) in [6, 6.07) is 6.04. The fourth-order valence-corrected chi connectivity index (χ4v) is 2.64. The van der Waals surface area contributed by atoms with Gasteiger partial charge in [-0.15, -0.1) is 0 Å². The lowest BCUT2D eigenvalue weighted by Gasteiger charge is -2.30. The number of carbonyl (C=O) groups is 1. The maximum absolute atomic E-state index is 12.2. The minimum Gasteiger partial charge on any atom is -0.388 e. The Morgan fingerprint density at radius 2 is 2.21 bits per heavy atom. The van der Waals surface area contributed by atoms with E-state index in [9.17, 15) is 4.79 Å². The maximum atomic E-state index is 12.2. The van der Waals surface area contributed by atoms with E-state index in [4.69, 9.17) is 0 Å². The molecule has 104 valence electrons. The first-order valence-electron chi connectivity index (χ1n) is 6.88. The van der Waals surface area contributed by atoms with Crippen molar-refractivity contribution >= 4 is 11.6 Å². The van der Waals surface area contributed by atoms with Gasteiger partial charge in [-0.2, -0.15) is 0 Å². The van der Waals surface area contributed by atoms with Crippen LogP contribution in [0.25, 0.3) is 0 Å². The van der Waals surface area contributed by atoms with Crippen LogP contribution in [0.15, 0.2) is 18.2 Å². The summed E-state index contributed by atoms with van der Waals surface area (Å²) in [7, 11) is 3.99. The van der Waals surface area contributed by atoms with Crippen LogP contribution >= 0.6 is 0 Å². The Kier molecular flexibility index (Phi) is 4.43. The number of piperidine rings is 1. The second-order valence-corrected chi connectivity index (χ2v) is 5.35. The Bertz CT molecular complexity index is 459. The fraction of sp³-hybridized carbons (Fsp3) is 0.533. The molecule has 4 nitrogen and oxygen atoms in total. The highest BCUT2D eigenvalue weighted by Gasteiger charge is 2.19. The molecule has 0 saturated carbocycles. The van der Waals surface area contributed by atoms with E-state index in [0.29, 0.717) is 0 Å². The second-order valence-electron chi connectivity index (χ2n) is 5.35. The monoisotopic (exact) mass is 261 g/mol. The Morgan fingerprint density at radius 3 is 2.84 bits per heavy atom. The molecule has 0 bridgehead atoms. The number of carbonyl (C=O) groups excluding carboxylic acids is 1. The van der Waals surface area contributed by atoms with Gasteiger partial charge >= 0.3 is 0 Å². The first-order chi connectivity index (χ1) is 9.10. The molecule has 1 heterocycles. The van der Waals surface area contributed by atoms with Crippen molar-refractivity contribution in [3.05, 3.63) is 29.3 Å². The molecule has 0 aromatic heterocycles. The van der Waals surface area contributed by atoms with Gasteiger partial charge in [-0.25, -0.2) is 0 Å². The summed E-state index contributed by atoms with van der Waals surface area (Å²) in [6.07, 6.45) is 2.23. The van der Waals surface area contributed by atoms with E-state index in [2.05, 4.69) is 22.6 Å². The molecule has 1 unspecified atom stereocenters. The number of hydrogen-bond acceptors (Lipinski definition) is 3. The van der Waals surface area contributed by atoms with E-state index in [1.54, 1.807) is 0 Å². The second kappa shape index (κ2) is 6.06. The van der Waals surface area contributed by atoms with Crippen molar-refractivity contribution in [1.29, 1.82) is 0 Å². The Morgan fingerprint density at radius 1 is 1.42 bits per heavy atom. The average molecular weight is 261 g/mol. The van der Waals surface area contributed by atoms with Gasteiger partial charge in [-0.05, 0) is 57.1 Å². The van der Waals surface area contributed by atoms with E-state index in [1.807, 2.05) is 32.2 Å². The highest BCUT2D eigenvalue weighted by Crippen LogP contribution is 2.16. The predicted molar refractivity (Wildman–Crippen MR) is 78.7 cm³/mol. The van der Waals surface area contributed by atoms with Crippen molar-refractivity contribution in [2.75, 3.05) is 32.5 Å². The summed E-state index contributed by atoms with van der Waals surface area (Å²) >= 11 is 0. The molecule has 19 heavy (non-hydrogen) atoms. The molecule has 1 saturated heterocycles. The normalized spacial score (nSPS) is 20.1. The molecule has 1 aliphatic heterocycles. The van der Waals surface area contributed by atoms with E-state index < -0.39 is 0 Å². The van der Waals surface area contributed by atoms with Gasteiger partial charge in [0.2, 0.25) is 0 Å². The number of anilines is 1. The zero-order valence-corrected chi connectivity index (χ0v) is 12.0. The van der Waals surface area contributed by atoms with Crippen LogP contribution in [0.4, 0.5) is 5.69 Å². The SMILES string of the molecule is CNc1ccc(C(=O)NC2CCCN(C)C2)cc1C. The van der Waals surface area contributed by atoms with Gasteiger partial charge in [0, 0.05) is 30.9 Å². The van der Waals surface area contributed by atoms with Gasteiger partial charge in [-0.1, -0.05) is 0 Å². The molecule has 4 heteroatoms. The topological polar surface area (TPSA) is 44.4 Å². The van der Waals surface area contributed by atoms with Gasteiger partial charge in [0.15, 0.2) is 0 Å². The summed E-state index contributed by atoms with van der Waals surface area (Å²) in [4.78, 5) is 14.5. The third-order valence-electron chi connectivity index (χ3n) is 3.72. The fourth-order valence-electron chi connectivity index (χ4n) is 2.64. The quantitative estimate of drug-likeness (QED) is 0.873. The van der Waals surface area contributed by atoms with Gasteiger partial charge in [0.1, 0.15) is 0 Å². The van der Waals surface area contributed by atoms with Crippen molar-refractivity contribution in [2.24, 2.45) is 0 Å². The Hall–Kier alpha value is -1.55. The first kappa shape index (κ1) is 13.9. The lowest BCUT2D eigenvalue weighted by Crippen LogP contribution is -2.46. The number of rotatable bonds is 3. The van der Waals surface area contributed by atoms with Crippen LogP contribution in [0.3, 0.4) is 0 Å². The number of benzene rings is 1. The summed E-state index contributed by atoms with van der Waals surface area (Å²) in [5.41, 5.74) is 2.90. The van der Waals surface area contributed by atoms with E-state index in [0.717, 1.165) is 42.7 Å².